The van der Waals surface area contributed by atoms with E-state index in [0.29, 0.717) is 5.39 Å². The summed E-state index contributed by atoms with van der Waals surface area (Å²) in [6.45, 7) is -0.418. The Kier molecular flexibility index (Phi) is 7.42. The summed E-state index contributed by atoms with van der Waals surface area (Å²) in [4.78, 5) is 26.1. The quantitative estimate of drug-likeness (QED) is 0.200. The molecular formula is C25H29N2O9PS. The topological polar surface area (TPSA) is 149 Å². The normalized spacial score (nSPS) is 26.7. The zero-order valence-electron chi connectivity index (χ0n) is 22.8. The van der Waals surface area contributed by atoms with E-state index in [1.807, 2.05) is 0 Å². The Bertz CT molecular complexity index is 1570. The number of aromatic nitrogens is 2. The van der Waals surface area contributed by atoms with Crippen LogP contribution in [0.3, 0.4) is 0 Å². The number of carbonyl (C=O) groups is 1. The van der Waals surface area contributed by atoms with Crippen molar-refractivity contribution in [3.63, 3.8) is 0 Å². The molecule has 1 aromatic heterocycles. The number of nitrogens with zero attached hydrogens (tertiary/aromatic N) is 1. The van der Waals surface area contributed by atoms with Gasteiger partial charge in [-0.15, -0.1) is 0 Å². The molecule has 2 unspecified atom stereocenters. The number of aliphatic hydroxyl groups excluding tert-OH is 1. The van der Waals surface area contributed by atoms with Crippen LogP contribution in [-0.2, 0) is 23.4 Å². The van der Waals surface area contributed by atoms with E-state index >= 15 is 0 Å². The van der Waals surface area contributed by atoms with Crippen molar-refractivity contribution in [2.45, 2.75) is 37.9 Å². The maximum atomic E-state index is 14.2. The van der Waals surface area contributed by atoms with Gasteiger partial charge in [0.25, 0.3) is 5.56 Å². The lowest BCUT2D eigenvalue weighted by atomic mass is 9.96. The molecule has 1 aliphatic heterocycles. The van der Waals surface area contributed by atoms with Gasteiger partial charge in [0, 0.05) is 17.6 Å². The molecule has 11 nitrogen and oxygen atoms in total. The van der Waals surface area contributed by atoms with Crippen LogP contribution in [0, 0.1) is 10.7 Å². The summed E-state index contributed by atoms with van der Waals surface area (Å²) in [5.41, 5.74) is -2.64. The Hall–Kier alpha value is -2.86. The van der Waals surface area contributed by atoms with Gasteiger partial charge in [0.2, 0.25) is 0 Å². The van der Waals surface area contributed by atoms with Crippen LogP contribution in [0.2, 0.25) is 0 Å². The molecule has 2 aromatic carbocycles. The van der Waals surface area contributed by atoms with Crippen LogP contribution in [0.15, 0.2) is 59.5 Å². The van der Waals surface area contributed by atoms with E-state index in [0.717, 1.165) is 23.1 Å². The van der Waals surface area contributed by atoms with E-state index < -0.39 is 61.8 Å². The third kappa shape index (κ3) is 5.75. The molecular weight excluding hydrogens is 535 g/mol. The van der Waals surface area contributed by atoms with Gasteiger partial charge in [-0.3, -0.25) is 23.7 Å². The van der Waals surface area contributed by atoms with Gasteiger partial charge < -0.3 is 24.2 Å². The van der Waals surface area contributed by atoms with Crippen molar-refractivity contribution >= 4 is 36.6 Å². The Morgan fingerprint density at radius 3 is 2.74 bits per heavy atom. The number of benzene rings is 2. The number of hydrogen-bond acceptors (Lipinski definition) is 10. The maximum Gasteiger partial charge on any atom is 0.380 e. The summed E-state index contributed by atoms with van der Waals surface area (Å²) in [5.74, 6) is -1.63. The maximum absolute atomic E-state index is 14.2. The fraction of sp³-hybridized carbons (Fsp3) is 0.400. The molecule has 0 saturated carbocycles. The predicted molar refractivity (Wildman–Crippen MR) is 141 cm³/mol. The van der Waals surface area contributed by atoms with E-state index in [2.05, 4.69) is 4.98 Å². The van der Waals surface area contributed by atoms with Crippen molar-refractivity contribution < 1.29 is 40.8 Å². The molecule has 0 bridgehead atoms. The lowest BCUT2D eigenvalue weighted by Gasteiger charge is -2.28. The van der Waals surface area contributed by atoms with Crippen molar-refractivity contribution in [3.8, 4) is 5.75 Å². The van der Waals surface area contributed by atoms with Gasteiger partial charge in [-0.2, -0.15) is 0 Å². The average Bonchev–Trinajstić information content (AvgIpc) is 3.12. The molecule has 2 heterocycles. The van der Waals surface area contributed by atoms with Gasteiger partial charge in [-0.25, -0.2) is 4.57 Å². The molecule has 38 heavy (non-hydrogen) atoms. The summed E-state index contributed by atoms with van der Waals surface area (Å²) in [6, 6.07) is 13.2. The average molecular weight is 567 g/mol. The van der Waals surface area contributed by atoms with Gasteiger partial charge in [-0.1, -0.05) is 43.3 Å². The number of aliphatic hydroxyl groups is 2. The first-order valence-electron chi connectivity index (χ1n) is 12.6. The van der Waals surface area contributed by atoms with Crippen LogP contribution in [0.4, 0.5) is 0 Å². The van der Waals surface area contributed by atoms with Crippen molar-refractivity contribution in [1.82, 2.24) is 9.55 Å². The molecule has 1 aliphatic rings. The summed E-state index contributed by atoms with van der Waals surface area (Å²) in [7, 11) is -3.39. The molecule has 4 rings (SSSR count). The second kappa shape index (κ2) is 11.1. The highest BCUT2D eigenvalue weighted by atomic mass is 32.1. The van der Waals surface area contributed by atoms with E-state index in [4.69, 9.17) is 33.5 Å². The van der Waals surface area contributed by atoms with Gasteiger partial charge >= 0.3 is 13.6 Å². The number of carbonyl (C=O) groups excluding carboxylic acids is 1. The van der Waals surface area contributed by atoms with Crippen LogP contribution >= 0.6 is 19.8 Å². The molecule has 0 spiro atoms. The number of H-pyrrole nitrogens is 1. The molecule has 13 heteroatoms. The van der Waals surface area contributed by atoms with E-state index in [1.165, 1.54) is 26.1 Å². The van der Waals surface area contributed by atoms with Crippen LogP contribution in [-0.4, -0.2) is 63.4 Å². The fourth-order valence-electron chi connectivity index (χ4n) is 4.12. The first-order valence-corrected chi connectivity index (χ1v) is 13.7. The number of ether oxygens (including phenoxy) is 2. The van der Waals surface area contributed by atoms with Crippen LogP contribution < -0.4 is 10.1 Å². The van der Waals surface area contributed by atoms with Gasteiger partial charge in [0.1, 0.15) is 23.6 Å². The molecule has 3 aromatic rings. The lowest BCUT2D eigenvalue weighted by molar-refractivity contribution is -0.144. The second-order valence-electron chi connectivity index (χ2n) is 9.09. The number of aromatic amines is 1. The van der Waals surface area contributed by atoms with E-state index in [1.54, 1.807) is 36.4 Å². The Labute approximate surface area is 226 Å². The van der Waals surface area contributed by atoms with Crippen LogP contribution in [0.5, 0.6) is 5.75 Å². The molecule has 0 radical (unpaired) electrons. The Morgan fingerprint density at radius 1 is 1.32 bits per heavy atom. The number of rotatable bonds is 9. The minimum atomic E-state index is -4.54. The van der Waals surface area contributed by atoms with Crippen molar-refractivity contribution in [1.29, 1.82) is 0 Å². The summed E-state index contributed by atoms with van der Waals surface area (Å²) >= 11 is 5.13. The zero-order chi connectivity index (χ0) is 29.5. The molecule has 3 N–H and O–H groups in total. The third-order valence-electron chi connectivity index (χ3n) is 6.16. The van der Waals surface area contributed by atoms with Gasteiger partial charge in [0.05, 0.1) is 28.5 Å². The van der Waals surface area contributed by atoms with E-state index in [9.17, 15) is 24.4 Å². The summed E-state index contributed by atoms with van der Waals surface area (Å²) < 4.78 is 54.2. The van der Waals surface area contributed by atoms with Crippen LogP contribution in [0.25, 0.3) is 10.8 Å². The van der Waals surface area contributed by atoms with Crippen molar-refractivity contribution in [2.24, 2.45) is 5.92 Å². The number of nitrogens with one attached hydrogen (secondary N) is 1. The molecule has 6 atom stereocenters. The SMILES string of the molecule is [2H]C([2H])(OP(=O)(C[C@@H](C)C(=O)OC)Oc1cccc2ccccc12)[C@H]1O[C@@H](n2ccc(=O)[nH]c2=S)C(C)(O)[C@H]1O. The standard InChI is InChI=1S/C25H29N2O9PS/c1-15(22(30)33-3)14-37(32,36-18-10-6-8-16-7-4-5-9-17(16)18)34-13-19-21(29)25(2,31)23(35-19)27-12-11-20(28)26-24(27)38/h4-12,15,19,21,23,29,31H,13-14H2,1-3H3,(H,26,28,38)/t15-,19-,21+,23-,25?,37?/m1/s1/i13D2. The molecule has 1 saturated heterocycles. The fourth-order valence-corrected chi connectivity index (χ4v) is 6.10. The third-order valence-corrected chi connectivity index (χ3v) is 8.33. The summed E-state index contributed by atoms with van der Waals surface area (Å²) in [5, 5.41) is 23.3. The largest absolute Gasteiger partial charge is 0.469 e. The zero-order valence-corrected chi connectivity index (χ0v) is 22.5. The molecule has 0 aliphatic carbocycles. The highest BCUT2D eigenvalue weighted by molar-refractivity contribution is 7.71. The lowest BCUT2D eigenvalue weighted by Crippen LogP contribution is -2.44. The molecule has 204 valence electrons. The number of hydrogen-bond donors (Lipinski definition) is 3. The first-order chi connectivity index (χ1) is 18.7. The van der Waals surface area contributed by atoms with Gasteiger partial charge in [-0.05, 0) is 30.6 Å². The Morgan fingerprint density at radius 2 is 2.03 bits per heavy atom. The monoisotopic (exact) mass is 566 g/mol. The van der Waals surface area contributed by atoms with Crippen molar-refractivity contribution in [2.75, 3.05) is 19.8 Å². The highest BCUT2D eigenvalue weighted by Gasteiger charge is 2.53. The smallest absolute Gasteiger partial charge is 0.380 e. The minimum absolute atomic E-state index is 0.117. The molecule has 0 amide bonds. The van der Waals surface area contributed by atoms with Gasteiger partial charge in [0.15, 0.2) is 11.0 Å². The van der Waals surface area contributed by atoms with E-state index in [-0.39, 0.29) is 10.5 Å². The van der Waals surface area contributed by atoms with Crippen LogP contribution in [0.1, 0.15) is 22.8 Å². The number of fused-ring (bicyclic) bond motifs is 1. The first kappa shape index (κ1) is 25.4. The second-order valence-corrected chi connectivity index (χ2v) is 11.4. The highest BCUT2D eigenvalue weighted by Crippen LogP contribution is 2.52. The molecule has 1 fully saturated rings. The predicted octanol–water partition coefficient (Wildman–Crippen LogP) is 3.17. The Balaban J connectivity index is 1.70. The van der Waals surface area contributed by atoms with Crippen molar-refractivity contribution in [3.05, 3.63) is 69.9 Å². The number of esters is 1. The number of methoxy groups -OCH3 is 1. The minimum Gasteiger partial charge on any atom is -0.469 e. The summed E-state index contributed by atoms with van der Waals surface area (Å²) in [6.07, 6.45) is -4.62.